The summed E-state index contributed by atoms with van der Waals surface area (Å²) in [6, 6.07) is 9.50. The van der Waals surface area contributed by atoms with Gasteiger partial charge >= 0.3 is 6.03 Å². The molecule has 1 N–H and O–H groups in total. The number of urea groups is 1. The summed E-state index contributed by atoms with van der Waals surface area (Å²) in [5.41, 5.74) is 1.19. The van der Waals surface area contributed by atoms with Crippen LogP contribution in [0.25, 0.3) is 0 Å². The van der Waals surface area contributed by atoms with Crippen molar-refractivity contribution in [3.63, 3.8) is 0 Å². The number of halogens is 1. The maximum absolute atomic E-state index is 13.8. The first-order valence-corrected chi connectivity index (χ1v) is 9.29. The van der Waals surface area contributed by atoms with Crippen LogP contribution >= 0.6 is 0 Å². The second-order valence-corrected chi connectivity index (χ2v) is 6.71. The molecule has 0 unspecified atom stereocenters. The molecular weight excluding hydrogens is 363 g/mol. The van der Waals surface area contributed by atoms with E-state index in [4.69, 9.17) is 4.74 Å². The van der Waals surface area contributed by atoms with Gasteiger partial charge in [0.25, 0.3) is 0 Å². The number of rotatable bonds is 3. The molecule has 28 heavy (non-hydrogen) atoms. The highest BCUT2D eigenvalue weighted by Gasteiger charge is 2.29. The van der Waals surface area contributed by atoms with Crippen LogP contribution in [0.15, 0.2) is 36.4 Å². The number of fused-ring (bicyclic) bond motifs is 1. The number of nitrogens with one attached hydrogen (secondary N) is 1. The van der Waals surface area contributed by atoms with Crippen LogP contribution in [0.3, 0.4) is 0 Å². The predicted octanol–water partition coefficient (Wildman–Crippen LogP) is 2.36. The summed E-state index contributed by atoms with van der Waals surface area (Å²) in [5, 5.41) is 2.72. The molecule has 2 amide bonds. The van der Waals surface area contributed by atoms with E-state index in [9.17, 15) is 14.0 Å². The lowest BCUT2D eigenvalue weighted by Crippen LogP contribution is -2.44. The number of carbonyl (C=O) groups excluding carboxylic acids is 2. The van der Waals surface area contributed by atoms with E-state index >= 15 is 0 Å². The molecule has 1 aromatic carbocycles. The number of morpholine rings is 1. The first kappa shape index (κ1) is 18.4. The summed E-state index contributed by atoms with van der Waals surface area (Å²) in [5.74, 6) is 0.265. The van der Waals surface area contributed by atoms with E-state index in [0.717, 1.165) is 0 Å². The molecule has 2 aliphatic heterocycles. The number of hydrogen-bond donors (Lipinski definition) is 1. The fourth-order valence-electron chi connectivity index (χ4n) is 3.40. The molecule has 4 rings (SSSR count). The van der Waals surface area contributed by atoms with Crippen LogP contribution in [0.4, 0.5) is 20.7 Å². The Balaban J connectivity index is 1.52. The van der Waals surface area contributed by atoms with Crippen molar-refractivity contribution >= 4 is 23.3 Å². The SMILES string of the molecule is O=C1CCN(C(=O)NCc2ccccc2F)c2ccc(N3CCOCC3)nc21. The zero-order chi connectivity index (χ0) is 19.5. The zero-order valence-electron chi connectivity index (χ0n) is 15.4. The number of hydrogen-bond acceptors (Lipinski definition) is 5. The minimum absolute atomic E-state index is 0.0740. The fourth-order valence-corrected chi connectivity index (χ4v) is 3.40. The van der Waals surface area contributed by atoms with Crippen LogP contribution in [0, 0.1) is 5.82 Å². The van der Waals surface area contributed by atoms with Gasteiger partial charge in [0.1, 0.15) is 17.3 Å². The minimum Gasteiger partial charge on any atom is -0.378 e. The molecule has 1 aromatic heterocycles. The molecule has 8 heteroatoms. The van der Waals surface area contributed by atoms with Crippen molar-refractivity contribution in [2.24, 2.45) is 0 Å². The van der Waals surface area contributed by atoms with Crippen LogP contribution < -0.4 is 15.1 Å². The maximum atomic E-state index is 13.8. The summed E-state index contributed by atoms with van der Waals surface area (Å²) < 4.78 is 19.1. The van der Waals surface area contributed by atoms with Crippen molar-refractivity contribution in [1.29, 1.82) is 0 Å². The van der Waals surface area contributed by atoms with Gasteiger partial charge in [0, 0.05) is 38.2 Å². The third-order valence-electron chi connectivity index (χ3n) is 4.94. The predicted molar refractivity (Wildman–Crippen MR) is 102 cm³/mol. The van der Waals surface area contributed by atoms with E-state index in [2.05, 4.69) is 15.2 Å². The van der Waals surface area contributed by atoms with Crippen molar-refractivity contribution in [2.45, 2.75) is 13.0 Å². The van der Waals surface area contributed by atoms with Crippen molar-refractivity contribution in [2.75, 3.05) is 42.6 Å². The Morgan fingerprint density at radius 1 is 1.14 bits per heavy atom. The average molecular weight is 384 g/mol. The molecule has 0 aliphatic carbocycles. The molecule has 1 saturated heterocycles. The van der Waals surface area contributed by atoms with E-state index in [1.165, 1.54) is 11.0 Å². The van der Waals surface area contributed by atoms with Crippen LogP contribution in [0.1, 0.15) is 22.5 Å². The topological polar surface area (TPSA) is 74.8 Å². The van der Waals surface area contributed by atoms with Crippen molar-refractivity contribution in [3.05, 3.63) is 53.5 Å². The number of aromatic nitrogens is 1. The highest BCUT2D eigenvalue weighted by Crippen LogP contribution is 2.28. The third kappa shape index (κ3) is 3.68. The lowest BCUT2D eigenvalue weighted by molar-refractivity contribution is 0.0976. The highest BCUT2D eigenvalue weighted by molar-refractivity contribution is 6.07. The van der Waals surface area contributed by atoms with Gasteiger partial charge in [-0.05, 0) is 18.2 Å². The quantitative estimate of drug-likeness (QED) is 0.879. The van der Waals surface area contributed by atoms with Crippen LogP contribution in [-0.4, -0.2) is 49.6 Å². The van der Waals surface area contributed by atoms with Gasteiger partial charge < -0.3 is 15.0 Å². The third-order valence-corrected chi connectivity index (χ3v) is 4.94. The van der Waals surface area contributed by atoms with Gasteiger partial charge in [-0.25, -0.2) is 14.2 Å². The molecule has 0 atom stereocenters. The molecule has 0 radical (unpaired) electrons. The summed E-state index contributed by atoms with van der Waals surface area (Å²) in [6.07, 6.45) is 0.208. The Bertz CT molecular complexity index is 899. The largest absolute Gasteiger partial charge is 0.378 e. The molecule has 2 aliphatic rings. The van der Waals surface area contributed by atoms with Gasteiger partial charge in [-0.3, -0.25) is 9.69 Å². The number of ketones is 1. The van der Waals surface area contributed by atoms with Crippen molar-refractivity contribution < 1.29 is 18.7 Å². The number of pyridine rings is 1. The fraction of sp³-hybridized carbons (Fsp3) is 0.350. The van der Waals surface area contributed by atoms with Gasteiger partial charge in [0.2, 0.25) is 0 Å². The molecule has 146 valence electrons. The Hall–Kier alpha value is -3.00. The molecule has 3 heterocycles. The Morgan fingerprint density at radius 3 is 2.71 bits per heavy atom. The average Bonchev–Trinajstić information content (AvgIpc) is 2.74. The van der Waals surface area contributed by atoms with Crippen molar-refractivity contribution in [3.8, 4) is 0 Å². The molecule has 0 spiro atoms. The van der Waals surface area contributed by atoms with E-state index in [1.807, 2.05) is 6.07 Å². The Morgan fingerprint density at radius 2 is 1.93 bits per heavy atom. The van der Waals surface area contributed by atoms with Crippen LogP contribution in [0.2, 0.25) is 0 Å². The number of anilines is 2. The molecule has 1 fully saturated rings. The molecule has 0 bridgehead atoms. The minimum atomic E-state index is -0.377. The Labute approximate surface area is 162 Å². The van der Waals surface area contributed by atoms with E-state index < -0.39 is 0 Å². The summed E-state index contributed by atoms with van der Waals surface area (Å²) in [6.45, 7) is 3.02. The number of amides is 2. The van der Waals surface area contributed by atoms with Gasteiger partial charge in [-0.2, -0.15) is 0 Å². The van der Waals surface area contributed by atoms with E-state index in [-0.39, 0.29) is 37.1 Å². The second kappa shape index (κ2) is 7.93. The monoisotopic (exact) mass is 384 g/mol. The smallest absolute Gasteiger partial charge is 0.322 e. The zero-order valence-corrected chi connectivity index (χ0v) is 15.4. The summed E-state index contributed by atoms with van der Waals surface area (Å²) >= 11 is 0. The summed E-state index contributed by atoms with van der Waals surface area (Å²) in [4.78, 5) is 33.1. The normalized spacial score (nSPS) is 16.7. The van der Waals surface area contributed by atoms with E-state index in [0.29, 0.717) is 49.1 Å². The number of nitrogens with zero attached hydrogens (tertiary/aromatic N) is 3. The lowest BCUT2D eigenvalue weighted by atomic mass is 10.1. The number of carbonyl (C=O) groups is 2. The Kier molecular flexibility index (Phi) is 5.21. The number of benzene rings is 1. The van der Waals surface area contributed by atoms with Crippen molar-refractivity contribution in [1.82, 2.24) is 10.3 Å². The first-order chi connectivity index (χ1) is 13.6. The highest BCUT2D eigenvalue weighted by atomic mass is 19.1. The van der Waals surface area contributed by atoms with Gasteiger partial charge in [-0.15, -0.1) is 0 Å². The molecule has 0 saturated carbocycles. The molecular formula is C20H21FN4O3. The standard InChI is InChI=1S/C20H21FN4O3/c21-15-4-2-1-3-14(15)13-22-20(27)25-8-7-17(26)19-16(25)5-6-18(23-19)24-9-11-28-12-10-24/h1-6H,7-13H2,(H,22,27). The van der Waals surface area contributed by atoms with Crippen LogP contribution in [0.5, 0.6) is 0 Å². The maximum Gasteiger partial charge on any atom is 0.322 e. The van der Waals surface area contributed by atoms with Gasteiger partial charge in [0.05, 0.1) is 18.9 Å². The lowest BCUT2D eigenvalue weighted by Gasteiger charge is -2.31. The van der Waals surface area contributed by atoms with E-state index in [1.54, 1.807) is 24.3 Å². The number of ether oxygens (including phenoxy) is 1. The first-order valence-electron chi connectivity index (χ1n) is 9.29. The molecule has 7 nitrogen and oxygen atoms in total. The summed E-state index contributed by atoms with van der Waals surface area (Å²) in [7, 11) is 0. The van der Waals surface area contributed by atoms with Gasteiger partial charge in [-0.1, -0.05) is 18.2 Å². The van der Waals surface area contributed by atoms with Crippen LogP contribution in [-0.2, 0) is 11.3 Å². The molecule has 2 aromatic rings. The van der Waals surface area contributed by atoms with Gasteiger partial charge in [0.15, 0.2) is 5.78 Å². The number of Topliss-reactive ketones (excluding diaryl/α,β-unsaturated/α-hetero) is 1. The second-order valence-electron chi connectivity index (χ2n) is 6.71.